The van der Waals surface area contributed by atoms with Crippen LogP contribution < -0.4 is 15.8 Å². The number of hydrogen-bond donors (Lipinski definition) is 3. The molecule has 0 aromatic carbocycles. The molecule has 0 fully saturated rings. The summed E-state index contributed by atoms with van der Waals surface area (Å²) < 4.78 is 5.46. The molecule has 0 amide bonds. The number of nitrogens with zero attached hydrogens (tertiary/aromatic N) is 1. The Morgan fingerprint density at radius 3 is 2.89 bits per heavy atom. The van der Waals surface area contributed by atoms with Crippen molar-refractivity contribution in [3.63, 3.8) is 0 Å². The summed E-state index contributed by atoms with van der Waals surface area (Å²) in [4.78, 5) is 4.30. The first kappa shape index (κ1) is 15.9. The van der Waals surface area contributed by atoms with E-state index in [1.54, 1.807) is 30.8 Å². The summed E-state index contributed by atoms with van der Waals surface area (Å²) in [5, 5.41) is 13.2. The van der Waals surface area contributed by atoms with Crippen LogP contribution in [0.25, 0.3) is 0 Å². The number of nitrogen functional groups attached to an aromatic ring is 1. The van der Waals surface area contributed by atoms with E-state index >= 15 is 0 Å². The van der Waals surface area contributed by atoms with Gasteiger partial charge in [0, 0.05) is 12.3 Å². The number of rotatable bonds is 8. The Labute approximate surface area is 118 Å². The number of ether oxygens (including phenoxy) is 1. The number of pyridine rings is 1. The van der Waals surface area contributed by atoms with Crippen molar-refractivity contribution in [2.24, 2.45) is 0 Å². The highest BCUT2D eigenvalue weighted by Gasteiger charge is 2.19. The Bertz CT molecular complexity index is 399. The largest absolute Gasteiger partial charge is 0.476 e. The van der Waals surface area contributed by atoms with Crippen molar-refractivity contribution in [3.8, 4) is 5.88 Å². The smallest absolute Gasteiger partial charge is 0.239 e. The van der Waals surface area contributed by atoms with Gasteiger partial charge in [-0.25, -0.2) is 0 Å². The second-order valence-electron chi connectivity index (χ2n) is 4.72. The van der Waals surface area contributed by atoms with E-state index in [4.69, 9.17) is 10.5 Å². The Kier molecular flexibility index (Phi) is 6.24. The van der Waals surface area contributed by atoms with E-state index in [2.05, 4.69) is 10.3 Å². The van der Waals surface area contributed by atoms with E-state index in [-0.39, 0.29) is 0 Å². The minimum atomic E-state index is -0.771. The first-order valence-corrected chi connectivity index (χ1v) is 7.72. The van der Waals surface area contributed by atoms with Crippen molar-refractivity contribution >= 4 is 23.3 Å². The molecule has 0 radical (unpaired) electrons. The molecule has 0 saturated carbocycles. The van der Waals surface area contributed by atoms with E-state index < -0.39 is 5.60 Å². The van der Waals surface area contributed by atoms with Crippen LogP contribution in [0.3, 0.4) is 0 Å². The van der Waals surface area contributed by atoms with Crippen LogP contribution in [0.2, 0.25) is 0 Å². The van der Waals surface area contributed by atoms with Gasteiger partial charge >= 0.3 is 0 Å². The molecule has 1 heterocycles. The predicted octanol–water partition coefficient (Wildman–Crippen LogP) is 1.98. The highest BCUT2D eigenvalue weighted by Crippen LogP contribution is 2.21. The number of nitrogens with one attached hydrogen (secondary N) is 1. The SMILES string of the molecule is CCCOc1nc(NCC(C)(O)CSC)ccc1N. The zero-order valence-electron chi connectivity index (χ0n) is 11.8. The summed E-state index contributed by atoms with van der Waals surface area (Å²) in [6, 6.07) is 3.53. The van der Waals surface area contributed by atoms with E-state index in [9.17, 15) is 5.11 Å². The van der Waals surface area contributed by atoms with Crippen LogP contribution in [0, 0.1) is 0 Å². The molecule has 0 bridgehead atoms. The first-order chi connectivity index (χ1) is 8.98. The van der Waals surface area contributed by atoms with Gasteiger partial charge < -0.3 is 20.9 Å². The maximum atomic E-state index is 10.1. The van der Waals surface area contributed by atoms with Crippen LogP contribution >= 0.6 is 11.8 Å². The minimum absolute atomic E-state index is 0.429. The molecule has 1 aromatic rings. The van der Waals surface area contributed by atoms with Crippen molar-refractivity contribution in [2.45, 2.75) is 25.9 Å². The Balaban J connectivity index is 2.63. The zero-order valence-corrected chi connectivity index (χ0v) is 12.6. The number of thioether (sulfide) groups is 1. The zero-order chi connectivity index (χ0) is 14.3. The maximum Gasteiger partial charge on any atom is 0.239 e. The predicted molar refractivity (Wildman–Crippen MR) is 81.9 cm³/mol. The highest BCUT2D eigenvalue weighted by atomic mass is 32.2. The van der Waals surface area contributed by atoms with Crippen molar-refractivity contribution < 1.29 is 9.84 Å². The topological polar surface area (TPSA) is 80.4 Å². The third-order valence-corrected chi connectivity index (χ3v) is 3.35. The fraction of sp³-hybridized carbons (Fsp3) is 0.615. The third kappa shape index (κ3) is 5.57. The van der Waals surface area contributed by atoms with Crippen LogP contribution in [0.1, 0.15) is 20.3 Å². The molecule has 1 aromatic heterocycles. The Morgan fingerprint density at radius 2 is 2.26 bits per heavy atom. The molecule has 4 N–H and O–H groups in total. The summed E-state index contributed by atoms with van der Waals surface area (Å²) >= 11 is 1.61. The van der Waals surface area contributed by atoms with Crippen LogP contribution in [0.15, 0.2) is 12.1 Å². The number of aromatic nitrogens is 1. The van der Waals surface area contributed by atoms with Crippen molar-refractivity contribution in [3.05, 3.63) is 12.1 Å². The molecule has 0 saturated heterocycles. The standard InChI is InChI=1S/C13H23N3O2S/c1-4-7-18-12-10(14)5-6-11(16-12)15-8-13(2,17)9-19-3/h5-6,17H,4,7-9,14H2,1-3H3,(H,15,16). The third-order valence-electron chi connectivity index (χ3n) is 2.44. The summed E-state index contributed by atoms with van der Waals surface area (Å²) in [6.07, 6.45) is 2.87. The molecule has 19 heavy (non-hydrogen) atoms. The van der Waals surface area contributed by atoms with Gasteiger partial charge in [0.1, 0.15) is 5.82 Å². The lowest BCUT2D eigenvalue weighted by Gasteiger charge is -2.23. The van der Waals surface area contributed by atoms with E-state index in [1.807, 2.05) is 13.2 Å². The quantitative estimate of drug-likeness (QED) is 0.677. The van der Waals surface area contributed by atoms with Gasteiger partial charge in [-0.2, -0.15) is 16.7 Å². The molecule has 0 spiro atoms. The van der Waals surface area contributed by atoms with Gasteiger partial charge in [-0.1, -0.05) is 6.92 Å². The Hall–Kier alpha value is -1.14. The molecule has 1 rings (SSSR count). The first-order valence-electron chi connectivity index (χ1n) is 6.33. The van der Waals surface area contributed by atoms with E-state index in [1.165, 1.54) is 0 Å². The lowest BCUT2D eigenvalue weighted by Crippen LogP contribution is -2.36. The molecule has 1 atom stereocenters. The van der Waals surface area contributed by atoms with Gasteiger partial charge in [-0.05, 0) is 31.7 Å². The lowest BCUT2D eigenvalue weighted by atomic mass is 10.1. The average molecular weight is 285 g/mol. The van der Waals surface area contributed by atoms with Crippen molar-refractivity contribution in [1.82, 2.24) is 4.98 Å². The molecule has 0 aliphatic carbocycles. The Morgan fingerprint density at radius 1 is 1.53 bits per heavy atom. The molecular formula is C13H23N3O2S. The van der Waals surface area contributed by atoms with Crippen LogP contribution in [-0.2, 0) is 0 Å². The second-order valence-corrected chi connectivity index (χ2v) is 5.59. The summed E-state index contributed by atoms with van der Waals surface area (Å²) in [7, 11) is 0. The number of aliphatic hydroxyl groups is 1. The lowest BCUT2D eigenvalue weighted by molar-refractivity contribution is 0.0996. The van der Waals surface area contributed by atoms with Gasteiger partial charge in [0.05, 0.1) is 17.9 Å². The van der Waals surface area contributed by atoms with Crippen LogP contribution in [-0.4, -0.2) is 40.9 Å². The summed E-state index contributed by atoms with van der Waals surface area (Å²) in [6.45, 7) is 4.84. The van der Waals surface area contributed by atoms with Crippen LogP contribution in [0.4, 0.5) is 11.5 Å². The maximum absolute atomic E-state index is 10.1. The monoisotopic (exact) mass is 285 g/mol. The van der Waals surface area contributed by atoms with Crippen molar-refractivity contribution in [1.29, 1.82) is 0 Å². The second kappa shape index (κ2) is 7.45. The molecule has 5 nitrogen and oxygen atoms in total. The normalized spacial score (nSPS) is 13.9. The van der Waals surface area contributed by atoms with Crippen molar-refractivity contribution in [2.75, 3.05) is 36.2 Å². The highest BCUT2D eigenvalue weighted by molar-refractivity contribution is 7.98. The van der Waals surface area contributed by atoms with Gasteiger partial charge in [0.25, 0.3) is 0 Å². The molecular weight excluding hydrogens is 262 g/mol. The van der Waals surface area contributed by atoms with E-state index in [0.29, 0.717) is 36.3 Å². The average Bonchev–Trinajstić information content (AvgIpc) is 2.36. The molecule has 0 aliphatic heterocycles. The number of anilines is 2. The van der Waals surface area contributed by atoms with Gasteiger partial charge in [-0.15, -0.1) is 0 Å². The summed E-state index contributed by atoms with van der Waals surface area (Å²) in [5.41, 5.74) is 5.54. The van der Waals surface area contributed by atoms with E-state index in [0.717, 1.165) is 6.42 Å². The summed E-state index contributed by atoms with van der Waals surface area (Å²) in [5.74, 6) is 1.76. The molecule has 0 aliphatic rings. The van der Waals surface area contributed by atoms with Gasteiger partial charge in [0.2, 0.25) is 5.88 Å². The number of hydrogen-bond acceptors (Lipinski definition) is 6. The van der Waals surface area contributed by atoms with Crippen LogP contribution in [0.5, 0.6) is 5.88 Å². The van der Waals surface area contributed by atoms with Gasteiger partial charge in [-0.3, -0.25) is 0 Å². The molecule has 108 valence electrons. The van der Waals surface area contributed by atoms with Gasteiger partial charge in [0.15, 0.2) is 0 Å². The fourth-order valence-corrected chi connectivity index (χ4v) is 2.23. The number of nitrogens with two attached hydrogens (primary N) is 1. The molecule has 6 heteroatoms. The molecule has 1 unspecified atom stereocenters. The fourth-order valence-electron chi connectivity index (χ4n) is 1.51. The minimum Gasteiger partial charge on any atom is -0.476 e.